The Morgan fingerprint density at radius 3 is 2.46 bits per heavy atom. The number of esters is 1. The summed E-state index contributed by atoms with van der Waals surface area (Å²) in [5.74, 6) is -0.0988. The molecule has 8 heteroatoms. The van der Waals surface area contributed by atoms with Crippen LogP contribution in [0.3, 0.4) is 0 Å². The van der Waals surface area contributed by atoms with Crippen LogP contribution in [0.1, 0.15) is 15.9 Å². The van der Waals surface area contributed by atoms with E-state index in [0.29, 0.717) is 22.7 Å². The number of benzene rings is 2. The Hall–Kier alpha value is -3.55. The number of primary amides is 1. The fourth-order valence-corrected chi connectivity index (χ4v) is 2.01. The van der Waals surface area contributed by atoms with Gasteiger partial charge in [0.05, 0.1) is 31.7 Å². The molecule has 2 aromatic rings. The van der Waals surface area contributed by atoms with Crippen LogP contribution in [0, 0.1) is 0 Å². The summed E-state index contributed by atoms with van der Waals surface area (Å²) in [6.07, 6.45) is 1.59. The Morgan fingerprint density at radius 2 is 1.85 bits per heavy atom. The first-order chi connectivity index (χ1) is 12.5. The minimum atomic E-state index is -0.569. The lowest BCUT2D eigenvalue weighted by Crippen LogP contribution is -2.20. The number of hydrazone groups is 1. The molecular formula is C18H19N3O5. The molecule has 0 aromatic heterocycles. The van der Waals surface area contributed by atoms with Crippen LogP contribution in [0.4, 0.5) is 5.69 Å². The number of hydrogen-bond donors (Lipinski definition) is 2. The number of carbonyl (C=O) groups excluding carboxylic acids is 2. The Morgan fingerprint density at radius 1 is 1.12 bits per heavy atom. The van der Waals surface area contributed by atoms with Gasteiger partial charge in [-0.1, -0.05) is 0 Å². The zero-order valence-corrected chi connectivity index (χ0v) is 14.4. The van der Waals surface area contributed by atoms with E-state index in [-0.39, 0.29) is 6.61 Å². The summed E-state index contributed by atoms with van der Waals surface area (Å²) in [5, 5.41) is 4.12. The molecule has 0 aliphatic heterocycles. The van der Waals surface area contributed by atoms with Crippen molar-refractivity contribution in [2.75, 3.05) is 26.3 Å². The van der Waals surface area contributed by atoms with Crippen LogP contribution < -0.4 is 20.6 Å². The molecule has 0 unspecified atom stereocenters. The van der Waals surface area contributed by atoms with E-state index >= 15 is 0 Å². The third-order valence-electron chi connectivity index (χ3n) is 3.27. The highest BCUT2D eigenvalue weighted by Crippen LogP contribution is 2.27. The number of nitrogens with zero attached hydrogens (tertiary/aromatic N) is 1. The molecule has 26 heavy (non-hydrogen) atoms. The molecule has 2 aromatic carbocycles. The van der Waals surface area contributed by atoms with E-state index in [2.05, 4.69) is 15.3 Å². The van der Waals surface area contributed by atoms with Crippen LogP contribution in [-0.2, 0) is 9.53 Å². The first-order valence-electron chi connectivity index (χ1n) is 7.60. The van der Waals surface area contributed by atoms with Crippen LogP contribution >= 0.6 is 0 Å². The number of methoxy groups -OCH3 is 2. The van der Waals surface area contributed by atoms with Gasteiger partial charge in [0.2, 0.25) is 0 Å². The lowest BCUT2D eigenvalue weighted by atomic mass is 10.2. The van der Waals surface area contributed by atoms with Crippen LogP contribution in [0.15, 0.2) is 47.6 Å². The Kier molecular flexibility index (Phi) is 6.55. The highest BCUT2D eigenvalue weighted by atomic mass is 16.5. The predicted molar refractivity (Wildman–Crippen MR) is 96.7 cm³/mol. The second-order valence-electron chi connectivity index (χ2n) is 5.10. The Labute approximate surface area is 150 Å². The highest BCUT2D eigenvalue weighted by molar-refractivity contribution is 5.89. The molecule has 0 heterocycles. The van der Waals surface area contributed by atoms with Gasteiger partial charge >= 0.3 is 5.97 Å². The summed E-state index contributed by atoms with van der Waals surface area (Å²) in [6.45, 7) is -0.229. The first-order valence-corrected chi connectivity index (χ1v) is 7.60. The van der Waals surface area contributed by atoms with Gasteiger partial charge in [0, 0.05) is 0 Å². The molecule has 0 bridgehead atoms. The fourth-order valence-electron chi connectivity index (χ4n) is 2.01. The maximum atomic E-state index is 11.4. The van der Waals surface area contributed by atoms with Gasteiger partial charge in [-0.3, -0.25) is 10.2 Å². The van der Waals surface area contributed by atoms with Gasteiger partial charge in [0.1, 0.15) is 0 Å². The van der Waals surface area contributed by atoms with Gasteiger partial charge in [-0.05, 0) is 48.0 Å². The van der Waals surface area contributed by atoms with Crippen LogP contribution in [0.25, 0.3) is 0 Å². The van der Waals surface area contributed by atoms with E-state index in [1.54, 1.807) is 48.7 Å². The smallest absolute Gasteiger partial charge is 0.337 e. The van der Waals surface area contributed by atoms with Crippen LogP contribution in [0.5, 0.6) is 11.5 Å². The topological polar surface area (TPSA) is 112 Å². The largest absolute Gasteiger partial charge is 0.493 e. The van der Waals surface area contributed by atoms with E-state index < -0.39 is 11.9 Å². The van der Waals surface area contributed by atoms with Crippen LogP contribution in [-0.4, -0.2) is 38.9 Å². The highest BCUT2D eigenvalue weighted by Gasteiger charge is 2.07. The number of anilines is 1. The van der Waals surface area contributed by atoms with Crippen molar-refractivity contribution in [2.45, 2.75) is 0 Å². The molecule has 0 radical (unpaired) electrons. The van der Waals surface area contributed by atoms with Gasteiger partial charge < -0.3 is 19.9 Å². The summed E-state index contributed by atoms with van der Waals surface area (Å²) >= 11 is 0. The van der Waals surface area contributed by atoms with E-state index in [4.69, 9.17) is 15.2 Å². The minimum Gasteiger partial charge on any atom is -0.493 e. The van der Waals surface area contributed by atoms with E-state index in [0.717, 1.165) is 5.56 Å². The van der Waals surface area contributed by atoms with E-state index in [1.165, 1.54) is 14.2 Å². The number of carbonyl (C=O) groups is 2. The molecule has 0 aliphatic carbocycles. The predicted octanol–water partition coefficient (Wildman–Crippen LogP) is 1.79. The SMILES string of the molecule is COC(=O)c1ccc(N/N=C/c2ccc(OCC(N)=O)c(OC)c2)cc1. The average molecular weight is 357 g/mol. The van der Waals surface area contributed by atoms with Crippen molar-refractivity contribution < 1.29 is 23.8 Å². The molecule has 0 aliphatic rings. The van der Waals surface area contributed by atoms with Crippen molar-refractivity contribution in [2.24, 2.45) is 10.8 Å². The zero-order chi connectivity index (χ0) is 18.9. The molecule has 0 saturated carbocycles. The number of hydrogen-bond acceptors (Lipinski definition) is 7. The van der Waals surface area contributed by atoms with E-state index in [1.807, 2.05) is 0 Å². The molecule has 3 N–H and O–H groups in total. The number of rotatable bonds is 8. The number of nitrogens with two attached hydrogens (primary N) is 1. The molecule has 0 saturated heterocycles. The second-order valence-corrected chi connectivity index (χ2v) is 5.10. The maximum absolute atomic E-state index is 11.4. The lowest BCUT2D eigenvalue weighted by molar-refractivity contribution is -0.119. The molecule has 2 rings (SSSR count). The zero-order valence-electron chi connectivity index (χ0n) is 14.4. The number of amides is 1. The number of nitrogens with one attached hydrogen (secondary N) is 1. The van der Waals surface area contributed by atoms with Crippen molar-refractivity contribution in [3.63, 3.8) is 0 Å². The van der Waals surface area contributed by atoms with Gasteiger partial charge in [0.25, 0.3) is 5.91 Å². The Balaban J connectivity index is 2.01. The fraction of sp³-hybridized carbons (Fsp3) is 0.167. The third kappa shape index (κ3) is 5.23. The summed E-state index contributed by atoms with van der Waals surface area (Å²) in [7, 11) is 2.83. The molecular weight excluding hydrogens is 338 g/mol. The van der Waals surface area contributed by atoms with Gasteiger partial charge in [0.15, 0.2) is 18.1 Å². The van der Waals surface area contributed by atoms with Crippen molar-refractivity contribution in [3.8, 4) is 11.5 Å². The first kappa shape index (κ1) is 18.8. The van der Waals surface area contributed by atoms with Gasteiger partial charge in [-0.25, -0.2) is 4.79 Å². The summed E-state index contributed by atoms with van der Waals surface area (Å²) in [6, 6.07) is 11.8. The third-order valence-corrected chi connectivity index (χ3v) is 3.27. The van der Waals surface area contributed by atoms with E-state index in [9.17, 15) is 9.59 Å². The van der Waals surface area contributed by atoms with Crippen LogP contribution in [0.2, 0.25) is 0 Å². The molecule has 0 atom stereocenters. The van der Waals surface area contributed by atoms with Gasteiger partial charge in [-0.15, -0.1) is 0 Å². The molecule has 8 nitrogen and oxygen atoms in total. The summed E-state index contributed by atoms with van der Waals surface area (Å²) < 4.78 is 15.1. The molecule has 136 valence electrons. The lowest BCUT2D eigenvalue weighted by Gasteiger charge is -2.09. The molecule has 0 spiro atoms. The van der Waals surface area contributed by atoms with Gasteiger partial charge in [-0.2, -0.15) is 5.10 Å². The number of ether oxygens (including phenoxy) is 3. The van der Waals surface area contributed by atoms with Crippen molar-refractivity contribution in [1.82, 2.24) is 0 Å². The molecule has 0 fully saturated rings. The Bertz CT molecular complexity index is 803. The monoisotopic (exact) mass is 357 g/mol. The normalized spacial score (nSPS) is 10.4. The maximum Gasteiger partial charge on any atom is 0.337 e. The van der Waals surface area contributed by atoms with Crippen molar-refractivity contribution in [3.05, 3.63) is 53.6 Å². The second kappa shape index (κ2) is 9.07. The minimum absolute atomic E-state index is 0.229. The quantitative estimate of drug-likeness (QED) is 0.423. The summed E-state index contributed by atoms with van der Waals surface area (Å²) in [5.41, 5.74) is 9.83. The summed E-state index contributed by atoms with van der Waals surface area (Å²) in [4.78, 5) is 22.2. The molecule has 1 amide bonds. The van der Waals surface area contributed by atoms with Crippen molar-refractivity contribution >= 4 is 23.8 Å². The standard InChI is InChI=1S/C18H19N3O5/c1-24-16-9-12(3-8-15(16)26-11-17(19)22)10-20-21-14-6-4-13(5-7-14)18(23)25-2/h3-10,21H,11H2,1-2H3,(H2,19,22)/b20-10+. The van der Waals surface area contributed by atoms with Crippen molar-refractivity contribution in [1.29, 1.82) is 0 Å². The average Bonchev–Trinajstić information content (AvgIpc) is 2.66.